The van der Waals surface area contributed by atoms with Crippen molar-refractivity contribution in [2.75, 3.05) is 19.7 Å². The van der Waals surface area contributed by atoms with E-state index in [-0.39, 0.29) is 30.1 Å². The van der Waals surface area contributed by atoms with Crippen molar-refractivity contribution in [1.29, 1.82) is 0 Å². The van der Waals surface area contributed by atoms with E-state index in [0.29, 0.717) is 25.1 Å². The second-order valence-corrected chi connectivity index (χ2v) is 8.19. The van der Waals surface area contributed by atoms with Gasteiger partial charge in [-0.15, -0.1) is 0 Å². The van der Waals surface area contributed by atoms with Gasteiger partial charge in [0.1, 0.15) is 18.5 Å². The second-order valence-electron chi connectivity index (χ2n) is 8.19. The van der Waals surface area contributed by atoms with Gasteiger partial charge in [0.05, 0.1) is 19.2 Å². The molecule has 1 saturated heterocycles. The van der Waals surface area contributed by atoms with Gasteiger partial charge in [0.25, 0.3) is 5.91 Å². The first-order valence-corrected chi connectivity index (χ1v) is 9.51. The van der Waals surface area contributed by atoms with E-state index in [4.69, 9.17) is 14.6 Å². The molecule has 1 unspecified atom stereocenters. The Hall–Kier alpha value is -2.60. The van der Waals surface area contributed by atoms with Crippen LogP contribution in [0.3, 0.4) is 0 Å². The van der Waals surface area contributed by atoms with Crippen LogP contribution in [0.25, 0.3) is 0 Å². The van der Waals surface area contributed by atoms with E-state index in [1.165, 1.54) is 0 Å². The van der Waals surface area contributed by atoms with Crippen molar-refractivity contribution in [3.8, 4) is 5.75 Å². The number of nitrogens with zero attached hydrogens (tertiary/aromatic N) is 1. The monoisotopic (exact) mass is 385 g/mol. The molecule has 150 valence electrons. The van der Waals surface area contributed by atoms with Gasteiger partial charge in [-0.05, 0) is 23.5 Å². The number of carbonyl (C=O) groups excluding carboxylic acids is 1. The topological polar surface area (TPSA) is 76.1 Å². The van der Waals surface area contributed by atoms with Gasteiger partial charge < -0.3 is 19.5 Å². The summed E-state index contributed by atoms with van der Waals surface area (Å²) >= 11 is 0. The van der Waals surface area contributed by atoms with E-state index < -0.39 is 5.97 Å². The molecule has 2 aliphatic rings. The fraction of sp³-hybridized carbons (Fsp3) is 0.455. The van der Waals surface area contributed by atoms with Crippen molar-refractivity contribution in [2.45, 2.75) is 44.8 Å². The van der Waals surface area contributed by atoms with Crippen LogP contribution < -0.4 is 4.74 Å². The van der Waals surface area contributed by atoms with Crippen molar-refractivity contribution in [3.63, 3.8) is 0 Å². The van der Waals surface area contributed by atoms with Gasteiger partial charge in [0.2, 0.25) is 0 Å². The lowest BCUT2D eigenvalue weighted by Gasteiger charge is -2.40. The molecule has 1 amide bonds. The molecule has 0 spiro atoms. The summed E-state index contributed by atoms with van der Waals surface area (Å²) in [4.78, 5) is 24.9. The summed E-state index contributed by atoms with van der Waals surface area (Å²) in [6.07, 6.45) is 5.45. The molecule has 3 rings (SSSR count). The van der Waals surface area contributed by atoms with E-state index >= 15 is 0 Å². The van der Waals surface area contributed by atoms with E-state index in [9.17, 15) is 9.59 Å². The van der Waals surface area contributed by atoms with E-state index in [0.717, 1.165) is 11.3 Å². The summed E-state index contributed by atoms with van der Waals surface area (Å²) in [5.74, 6) is -0.155. The maximum absolute atomic E-state index is 12.6. The number of carbonyl (C=O) groups is 2. The van der Waals surface area contributed by atoms with E-state index in [1.54, 1.807) is 23.1 Å². The lowest BCUT2D eigenvalue weighted by Crippen LogP contribution is -2.56. The molecule has 1 aromatic rings. The lowest BCUT2D eigenvalue weighted by atomic mass is 9.86. The first kappa shape index (κ1) is 20.1. The highest BCUT2D eigenvalue weighted by Gasteiger charge is 2.34. The van der Waals surface area contributed by atoms with Crippen LogP contribution in [0.15, 0.2) is 48.1 Å². The Kier molecular flexibility index (Phi) is 5.89. The SMILES string of the molecule is CC(C)(C)c1ccccc1OC1CN(C(=O)C2=CCC(OCC(=O)O)C=C2)C1. The number of hydrogen-bond acceptors (Lipinski definition) is 4. The Balaban J connectivity index is 1.50. The van der Waals surface area contributed by atoms with Crippen LogP contribution in [0.4, 0.5) is 0 Å². The number of hydrogen-bond donors (Lipinski definition) is 1. The van der Waals surface area contributed by atoms with Crippen LogP contribution in [0.1, 0.15) is 32.8 Å². The van der Waals surface area contributed by atoms with Gasteiger partial charge in [-0.2, -0.15) is 0 Å². The quantitative estimate of drug-likeness (QED) is 0.815. The van der Waals surface area contributed by atoms with Gasteiger partial charge in [0, 0.05) is 5.57 Å². The minimum absolute atomic E-state index is 0.00714. The van der Waals surface area contributed by atoms with Crippen molar-refractivity contribution < 1.29 is 24.2 Å². The lowest BCUT2D eigenvalue weighted by molar-refractivity contribution is -0.143. The predicted octanol–water partition coefficient (Wildman–Crippen LogP) is 2.93. The maximum atomic E-state index is 12.6. The number of carboxylic acid groups (broad SMARTS) is 1. The molecule has 1 aliphatic carbocycles. The summed E-state index contributed by atoms with van der Waals surface area (Å²) in [5, 5.41) is 8.65. The highest BCUT2D eigenvalue weighted by Crippen LogP contribution is 2.32. The van der Waals surface area contributed by atoms with Crippen LogP contribution in [0.5, 0.6) is 5.75 Å². The van der Waals surface area contributed by atoms with Crippen LogP contribution in [0.2, 0.25) is 0 Å². The fourth-order valence-electron chi connectivity index (χ4n) is 3.29. The molecular formula is C22H27NO5. The van der Waals surface area contributed by atoms with Crippen LogP contribution >= 0.6 is 0 Å². The molecule has 1 aliphatic heterocycles. The minimum atomic E-state index is -1.00. The zero-order chi connectivity index (χ0) is 20.3. The summed E-state index contributed by atoms with van der Waals surface area (Å²) in [6.45, 7) is 7.24. The van der Waals surface area contributed by atoms with Gasteiger partial charge in [-0.1, -0.05) is 57.2 Å². The Morgan fingerprint density at radius 2 is 1.93 bits per heavy atom. The normalized spacial score (nSPS) is 19.8. The van der Waals surface area contributed by atoms with Gasteiger partial charge in [-0.25, -0.2) is 4.79 Å². The molecule has 0 aromatic heterocycles. The van der Waals surface area contributed by atoms with Crippen LogP contribution in [-0.4, -0.2) is 53.8 Å². The molecule has 1 N–H and O–H groups in total. The van der Waals surface area contributed by atoms with Crippen molar-refractivity contribution in [1.82, 2.24) is 4.90 Å². The largest absolute Gasteiger partial charge is 0.486 e. The standard InChI is InChI=1S/C22H27NO5/c1-22(2,3)18-6-4-5-7-19(18)28-17-12-23(13-17)21(26)15-8-10-16(11-9-15)27-14-20(24)25/h4-10,16-17H,11-14H2,1-3H3,(H,24,25). The van der Waals surface area contributed by atoms with Crippen LogP contribution in [-0.2, 0) is 19.7 Å². The van der Waals surface area contributed by atoms with Crippen molar-refractivity contribution >= 4 is 11.9 Å². The molecule has 1 aromatic carbocycles. The molecule has 0 radical (unpaired) electrons. The zero-order valence-corrected chi connectivity index (χ0v) is 16.6. The minimum Gasteiger partial charge on any atom is -0.486 e. The molecule has 1 heterocycles. The Morgan fingerprint density at radius 1 is 1.21 bits per heavy atom. The molecule has 1 fully saturated rings. The average Bonchev–Trinajstić information content (AvgIpc) is 2.62. The van der Waals surface area contributed by atoms with Gasteiger partial charge >= 0.3 is 5.97 Å². The number of ether oxygens (including phenoxy) is 2. The van der Waals surface area contributed by atoms with Gasteiger partial charge in [0.15, 0.2) is 0 Å². The van der Waals surface area contributed by atoms with E-state index in [2.05, 4.69) is 26.8 Å². The van der Waals surface area contributed by atoms with Crippen molar-refractivity contribution in [2.24, 2.45) is 0 Å². The fourth-order valence-corrected chi connectivity index (χ4v) is 3.29. The smallest absolute Gasteiger partial charge is 0.329 e. The summed E-state index contributed by atoms with van der Waals surface area (Å²) in [6, 6.07) is 8.04. The third kappa shape index (κ3) is 4.81. The number of carboxylic acids is 1. The maximum Gasteiger partial charge on any atom is 0.329 e. The molecule has 1 atom stereocenters. The average molecular weight is 385 g/mol. The number of para-hydroxylation sites is 1. The summed E-state index contributed by atoms with van der Waals surface area (Å²) in [7, 11) is 0. The van der Waals surface area contributed by atoms with Crippen molar-refractivity contribution in [3.05, 3.63) is 53.6 Å². The molecule has 6 heteroatoms. The molecule has 0 bridgehead atoms. The number of amides is 1. The first-order valence-electron chi connectivity index (χ1n) is 9.51. The predicted molar refractivity (Wildman–Crippen MR) is 105 cm³/mol. The summed E-state index contributed by atoms with van der Waals surface area (Å²) < 4.78 is 11.4. The number of rotatable bonds is 6. The van der Waals surface area contributed by atoms with Gasteiger partial charge in [-0.3, -0.25) is 4.79 Å². The third-order valence-corrected chi connectivity index (χ3v) is 4.85. The third-order valence-electron chi connectivity index (χ3n) is 4.85. The highest BCUT2D eigenvalue weighted by molar-refractivity contribution is 5.97. The first-order chi connectivity index (χ1) is 13.2. The molecular weight excluding hydrogens is 358 g/mol. The Bertz CT molecular complexity index is 799. The summed E-state index contributed by atoms with van der Waals surface area (Å²) in [5.41, 5.74) is 1.76. The Labute approximate surface area is 165 Å². The number of likely N-dealkylation sites (tertiary alicyclic amines) is 1. The van der Waals surface area contributed by atoms with E-state index in [1.807, 2.05) is 18.2 Å². The molecule has 6 nitrogen and oxygen atoms in total. The number of benzene rings is 1. The van der Waals surface area contributed by atoms with Crippen LogP contribution in [0, 0.1) is 0 Å². The Morgan fingerprint density at radius 3 is 2.54 bits per heavy atom. The molecule has 28 heavy (non-hydrogen) atoms. The highest BCUT2D eigenvalue weighted by atomic mass is 16.5. The number of aliphatic carboxylic acids is 1. The zero-order valence-electron chi connectivity index (χ0n) is 16.6. The second kappa shape index (κ2) is 8.19. The molecule has 0 saturated carbocycles.